The summed E-state index contributed by atoms with van der Waals surface area (Å²) < 4.78 is 13.7. The van der Waals surface area contributed by atoms with Crippen LogP contribution in [0.1, 0.15) is 88.0 Å². The summed E-state index contributed by atoms with van der Waals surface area (Å²) in [5, 5.41) is 9.67. The number of aliphatic hydroxyl groups excluding tert-OH is 1. The average Bonchev–Trinajstić information content (AvgIpc) is 3.91. The number of hydrogen-bond acceptors (Lipinski definition) is 7. The van der Waals surface area contributed by atoms with Gasteiger partial charge in [-0.05, 0) is 85.3 Å². The third kappa shape index (κ3) is 6.91. The van der Waals surface area contributed by atoms with Crippen molar-refractivity contribution in [3.8, 4) is 11.1 Å². The van der Waals surface area contributed by atoms with Gasteiger partial charge in [0.2, 0.25) is 0 Å². The Morgan fingerprint density at radius 1 is 0.706 bits per heavy atom. The average molecular weight is 686 g/mol. The number of imide groups is 1. The van der Waals surface area contributed by atoms with Crippen LogP contribution in [-0.2, 0) is 22.6 Å². The standard InChI is InChI=1S/C43H47N3O5/c1-29-39(27-45-24-8-10-35(45)26-44-22-6-7-23-44)50-43(51-40(29)32-16-14-30(28-47)15-17-32)33-20-18-31(19-21-33)36-11-3-2-9-34(36)25-46-41(48)37-12-4-5-13-38(37)42(46)49/h2-5,9,11-21,29,35,39-40,43,47H,6-8,10,22-28H2,1H3/t29-,35-,39+,40+,43+/m0/s1. The van der Waals surface area contributed by atoms with Crippen LogP contribution in [0.3, 0.4) is 0 Å². The van der Waals surface area contributed by atoms with Gasteiger partial charge in [0.05, 0.1) is 36.5 Å². The number of benzene rings is 4. The van der Waals surface area contributed by atoms with Crippen molar-refractivity contribution < 1.29 is 24.2 Å². The molecule has 0 aromatic heterocycles. The number of ether oxygens (including phenoxy) is 2. The number of carbonyl (C=O) groups is 2. The van der Waals surface area contributed by atoms with Crippen molar-refractivity contribution in [2.75, 3.05) is 32.7 Å². The van der Waals surface area contributed by atoms with Gasteiger partial charge in [-0.25, -0.2) is 0 Å². The second-order valence-corrected chi connectivity index (χ2v) is 14.6. The molecule has 0 saturated carbocycles. The maximum Gasteiger partial charge on any atom is 0.261 e. The topological polar surface area (TPSA) is 82.6 Å². The molecule has 8 nitrogen and oxygen atoms in total. The molecule has 1 N–H and O–H groups in total. The lowest BCUT2D eigenvalue weighted by atomic mass is 9.89. The number of nitrogens with zero attached hydrogens (tertiary/aromatic N) is 3. The monoisotopic (exact) mass is 685 g/mol. The Morgan fingerprint density at radius 2 is 1.35 bits per heavy atom. The van der Waals surface area contributed by atoms with Gasteiger partial charge in [-0.2, -0.15) is 0 Å². The van der Waals surface area contributed by atoms with Crippen LogP contribution < -0.4 is 0 Å². The van der Waals surface area contributed by atoms with E-state index in [-0.39, 0.29) is 43.1 Å². The number of amides is 2. The molecule has 8 rings (SSSR count). The van der Waals surface area contributed by atoms with Crippen molar-refractivity contribution in [2.45, 2.75) is 70.3 Å². The summed E-state index contributed by atoms with van der Waals surface area (Å²) in [5.41, 5.74) is 6.69. The molecule has 3 saturated heterocycles. The summed E-state index contributed by atoms with van der Waals surface area (Å²) >= 11 is 0. The maximum atomic E-state index is 13.2. The Balaban J connectivity index is 1.03. The fraction of sp³-hybridized carbons (Fsp3) is 0.395. The first-order chi connectivity index (χ1) is 25.0. The van der Waals surface area contributed by atoms with E-state index >= 15 is 0 Å². The molecule has 8 heteroatoms. The molecule has 4 aliphatic heterocycles. The van der Waals surface area contributed by atoms with E-state index in [1.807, 2.05) is 36.4 Å². The first-order valence-corrected chi connectivity index (χ1v) is 18.6. The lowest BCUT2D eigenvalue weighted by Gasteiger charge is -2.43. The molecule has 264 valence electrons. The third-order valence-corrected chi connectivity index (χ3v) is 11.4. The van der Waals surface area contributed by atoms with Crippen molar-refractivity contribution in [1.29, 1.82) is 0 Å². The fourth-order valence-corrected chi connectivity index (χ4v) is 8.48. The minimum atomic E-state index is -0.545. The van der Waals surface area contributed by atoms with E-state index in [1.54, 1.807) is 24.3 Å². The zero-order valence-corrected chi connectivity index (χ0v) is 29.3. The van der Waals surface area contributed by atoms with Gasteiger partial charge in [-0.3, -0.25) is 19.4 Å². The van der Waals surface area contributed by atoms with Crippen molar-refractivity contribution in [2.24, 2.45) is 5.92 Å². The largest absolute Gasteiger partial charge is 0.392 e. The highest BCUT2D eigenvalue weighted by Crippen LogP contribution is 2.43. The van der Waals surface area contributed by atoms with Crippen LogP contribution in [0.5, 0.6) is 0 Å². The summed E-state index contributed by atoms with van der Waals surface area (Å²) in [6.07, 6.45) is 4.34. The van der Waals surface area contributed by atoms with Crippen LogP contribution in [0.2, 0.25) is 0 Å². The Morgan fingerprint density at radius 3 is 2.04 bits per heavy atom. The van der Waals surface area contributed by atoms with Crippen LogP contribution in [0.25, 0.3) is 11.1 Å². The summed E-state index contributed by atoms with van der Waals surface area (Å²) in [6.45, 7) is 7.99. The van der Waals surface area contributed by atoms with Gasteiger partial charge in [0, 0.05) is 30.6 Å². The van der Waals surface area contributed by atoms with Crippen LogP contribution in [0.4, 0.5) is 0 Å². The van der Waals surface area contributed by atoms with Crippen molar-refractivity contribution >= 4 is 11.8 Å². The molecule has 51 heavy (non-hydrogen) atoms. The highest BCUT2D eigenvalue weighted by molar-refractivity contribution is 6.21. The molecular formula is C43H47N3O5. The predicted molar refractivity (Wildman–Crippen MR) is 196 cm³/mol. The summed E-state index contributed by atoms with van der Waals surface area (Å²) in [6, 6.07) is 31.9. The maximum absolute atomic E-state index is 13.2. The molecule has 0 aliphatic carbocycles. The molecule has 4 aromatic rings. The van der Waals surface area contributed by atoms with Gasteiger partial charge in [-0.1, -0.05) is 91.9 Å². The van der Waals surface area contributed by atoms with Gasteiger partial charge >= 0.3 is 0 Å². The third-order valence-electron chi connectivity index (χ3n) is 11.4. The molecule has 0 unspecified atom stereocenters. The van der Waals surface area contributed by atoms with Gasteiger partial charge in [-0.15, -0.1) is 0 Å². The fourth-order valence-electron chi connectivity index (χ4n) is 8.48. The smallest absolute Gasteiger partial charge is 0.261 e. The number of hydrogen-bond donors (Lipinski definition) is 1. The van der Waals surface area contributed by atoms with E-state index in [1.165, 1.54) is 43.7 Å². The first kappa shape index (κ1) is 33.9. The second-order valence-electron chi connectivity index (χ2n) is 14.6. The van der Waals surface area contributed by atoms with E-state index in [0.29, 0.717) is 17.2 Å². The zero-order chi connectivity index (χ0) is 34.9. The molecule has 0 radical (unpaired) electrons. The normalized spacial score (nSPS) is 25.5. The van der Waals surface area contributed by atoms with Crippen LogP contribution in [-0.4, -0.2) is 76.5 Å². The highest BCUT2D eigenvalue weighted by atomic mass is 16.7. The molecule has 4 aromatic carbocycles. The van der Waals surface area contributed by atoms with Crippen molar-refractivity contribution in [3.63, 3.8) is 0 Å². The molecule has 3 fully saturated rings. The van der Waals surface area contributed by atoms with Gasteiger partial charge in [0.15, 0.2) is 6.29 Å². The van der Waals surface area contributed by atoms with Gasteiger partial charge < -0.3 is 19.5 Å². The lowest BCUT2D eigenvalue weighted by Crippen LogP contribution is -2.48. The Hall–Kier alpha value is -4.18. The molecule has 0 spiro atoms. The number of carbonyl (C=O) groups excluding carboxylic acids is 2. The number of fused-ring (bicyclic) bond motifs is 1. The van der Waals surface area contributed by atoms with E-state index < -0.39 is 6.29 Å². The highest BCUT2D eigenvalue weighted by Gasteiger charge is 2.41. The van der Waals surface area contributed by atoms with E-state index in [0.717, 1.165) is 53.0 Å². The predicted octanol–water partition coefficient (Wildman–Crippen LogP) is 6.99. The van der Waals surface area contributed by atoms with Crippen LogP contribution in [0, 0.1) is 5.92 Å². The quantitative estimate of drug-likeness (QED) is 0.180. The second kappa shape index (κ2) is 14.8. The minimum absolute atomic E-state index is 0.0108. The number of rotatable bonds is 10. The lowest BCUT2D eigenvalue weighted by molar-refractivity contribution is -0.276. The number of likely N-dealkylation sites (tertiary alicyclic amines) is 2. The minimum Gasteiger partial charge on any atom is -0.392 e. The van der Waals surface area contributed by atoms with Crippen LogP contribution in [0.15, 0.2) is 97.1 Å². The summed E-state index contributed by atoms with van der Waals surface area (Å²) in [5.74, 6) is -0.386. The van der Waals surface area contributed by atoms with E-state index in [9.17, 15) is 14.7 Å². The first-order valence-electron chi connectivity index (χ1n) is 18.6. The number of aliphatic hydroxyl groups is 1. The molecule has 0 bridgehead atoms. The van der Waals surface area contributed by atoms with Gasteiger partial charge in [0.1, 0.15) is 0 Å². The van der Waals surface area contributed by atoms with Crippen molar-refractivity contribution in [1.82, 2.24) is 14.7 Å². The van der Waals surface area contributed by atoms with E-state index in [4.69, 9.17) is 9.47 Å². The SMILES string of the molecule is C[C@H]1[C@@H](CN2CCC[C@H]2CN2CCCC2)O[C@@H](c2ccc(-c3ccccc3CN3C(=O)c4ccccc4C3=O)cc2)O[C@H]1c1ccc(CO)cc1. The Bertz CT molecular complexity index is 1820. The molecule has 5 atom stereocenters. The van der Waals surface area contributed by atoms with Gasteiger partial charge in [0.25, 0.3) is 11.8 Å². The van der Waals surface area contributed by atoms with Crippen molar-refractivity contribution in [3.05, 3.63) is 130 Å². The molecule has 4 heterocycles. The molecular weight excluding hydrogens is 638 g/mol. The summed E-state index contributed by atoms with van der Waals surface area (Å²) in [4.78, 5) is 32.9. The Kier molecular flexibility index (Phi) is 9.86. The van der Waals surface area contributed by atoms with Crippen LogP contribution >= 0.6 is 0 Å². The molecule has 4 aliphatic rings. The summed E-state index contributed by atoms with van der Waals surface area (Å²) in [7, 11) is 0. The zero-order valence-electron chi connectivity index (χ0n) is 29.3. The van der Waals surface area contributed by atoms with E-state index in [2.05, 4.69) is 53.1 Å². The Labute approximate surface area is 300 Å². The molecule has 2 amide bonds.